The summed E-state index contributed by atoms with van der Waals surface area (Å²) in [4.78, 5) is 4.48. The van der Waals surface area contributed by atoms with Crippen molar-refractivity contribution < 1.29 is 4.52 Å². The van der Waals surface area contributed by atoms with Gasteiger partial charge in [-0.1, -0.05) is 25.4 Å². The first-order valence-electron chi connectivity index (χ1n) is 6.80. The van der Waals surface area contributed by atoms with Crippen molar-refractivity contribution in [3.8, 4) is 0 Å². The summed E-state index contributed by atoms with van der Waals surface area (Å²) in [5.41, 5.74) is 6.09. The molecule has 0 aromatic carbocycles. The number of aromatic nitrogens is 2. The highest BCUT2D eigenvalue weighted by atomic mass is 32.2. The average Bonchev–Trinajstić information content (AvgIpc) is 2.78. The van der Waals surface area contributed by atoms with Crippen LogP contribution in [0.4, 0.5) is 0 Å². The van der Waals surface area contributed by atoms with Crippen LogP contribution in [0.15, 0.2) is 4.52 Å². The van der Waals surface area contributed by atoms with Gasteiger partial charge in [0.1, 0.15) is 0 Å². The first kappa shape index (κ1) is 13.9. The zero-order valence-electron chi connectivity index (χ0n) is 11.3. The fraction of sp³-hybridized carbons (Fsp3) is 0.846. The monoisotopic (exact) mass is 269 g/mol. The van der Waals surface area contributed by atoms with E-state index in [1.807, 2.05) is 11.8 Å². The van der Waals surface area contributed by atoms with E-state index in [-0.39, 0.29) is 5.41 Å². The molecule has 0 amide bonds. The van der Waals surface area contributed by atoms with Gasteiger partial charge in [0.05, 0.1) is 5.75 Å². The minimum Gasteiger partial charge on any atom is -0.339 e. The number of nitrogens with zero attached hydrogens (tertiary/aromatic N) is 2. The fourth-order valence-corrected chi connectivity index (χ4v) is 2.99. The molecule has 1 aromatic rings. The van der Waals surface area contributed by atoms with Crippen LogP contribution in [-0.2, 0) is 12.2 Å². The second-order valence-electron chi connectivity index (χ2n) is 5.37. The van der Waals surface area contributed by atoms with E-state index in [9.17, 15) is 0 Å². The standard InChI is InChI=1S/C13H23N3OS/c1-3-10(2)18-8-11-15-12(17-16-11)7-13(9-14)5-4-6-13/h10H,3-9,14H2,1-2H3. The van der Waals surface area contributed by atoms with Gasteiger partial charge in [-0.25, -0.2) is 0 Å². The Hall–Kier alpha value is -0.550. The Bertz CT molecular complexity index is 371. The molecule has 1 atom stereocenters. The quantitative estimate of drug-likeness (QED) is 0.824. The van der Waals surface area contributed by atoms with Gasteiger partial charge in [-0.05, 0) is 31.2 Å². The van der Waals surface area contributed by atoms with Gasteiger partial charge in [-0.3, -0.25) is 0 Å². The second-order valence-corrected chi connectivity index (χ2v) is 6.80. The van der Waals surface area contributed by atoms with E-state index in [0.29, 0.717) is 5.25 Å². The Morgan fingerprint density at radius 2 is 2.28 bits per heavy atom. The highest BCUT2D eigenvalue weighted by molar-refractivity contribution is 7.99. The smallest absolute Gasteiger partial charge is 0.227 e. The first-order chi connectivity index (χ1) is 8.67. The molecule has 102 valence electrons. The molecule has 1 aliphatic carbocycles. The van der Waals surface area contributed by atoms with Gasteiger partial charge in [0, 0.05) is 11.7 Å². The molecule has 1 heterocycles. The molecule has 0 saturated heterocycles. The number of hydrogen-bond donors (Lipinski definition) is 1. The topological polar surface area (TPSA) is 64.9 Å². The highest BCUT2D eigenvalue weighted by Gasteiger charge is 2.37. The van der Waals surface area contributed by atoms with Crippen molar-refractivity contribution in [1.29, 1.82) is 0 Å². The van der Waals surface area contributed by atoms with Gasteiger partial charge in [0.25, 0.3) is 0 Å². The summed E-state index contributed by atoms with van der Waals surface area (Å²) in [6, 6.07) is 0. The van der Waals surface area contributed by atoms with Crippen molar-refractivity contribution in [2.75, 3.05) is 6.54 Å². The van der Waals surface area contributed by atoms with E-state index in [1.165, 1.54) is 25.7 Å². The number of hydrogen-bond acceptors (Lipinski definition) is 5. The van der Waals surface area contributed by atoms with Crippen LogP contribution in [0.1, 0.15) is 51.2 Å². The SMILES string of the molecule is CCC(C)SCc1noc(CC2(CN)CCC2)n1. The summed E-state index contributed by atoms with van der Waals surface area (Å²) < 4.78 is 5.33. The van der Waals surface area contributed by atoms with Crippen molar-refractivity contribution in [3.05, 3.63) is 11.7 Å². The molecular weight excluding hydrogens is 246 g/mol. The number of rotatable bonds is 7. The van der Waals surface area contributed by atoms with Crippen molar-refractivity contribution in [2.45, 2.75) is 57.0 Å². The Morgan fingerprint density at radius 3 is 2.83 bits per heavy atom. The Morgan fingerprint density at radius 1 is 1.50 bits per heavy atom. The van der Waals surface area contributed by atoms with Crippen molar-refractivity contribution in [2.24, 2.45) is 11.1 Å². The predicted octanol–water partition coefficient (Wildman–Crippen LogP) is 2.77. The third-order valence-corrected chi connectivity index (χ3v) is 5.28. The molecule has 1 aromatic heterocycles. The molecule has 4 nitrogen and oxygen atoms in total. The summed E-state index contributed by atoms with van der Waals surface area (Å²) in [6.07, 6.45) is 5.70. The lowest BCUT2D eigenvalue weighted by molar-refractivity contribution is 0.129. The molecular formula is C13H23N3OS. The van der Waals surface area contributed by atoms with Crippen molar-refractivity contribution in [1.82, 2.24) is 10.1 Å². The van der Waals surface area contributed by atoms with Crippen LogP contribution in [0.25, 0.3) is 0 Å². The van der Waals surface area contributed by atoms with Crippen LogP contribution in [0.5, 0.6) is 0 Å². The Kier molecular flexibility index (Phi) is 4.67. The summed E-state index contributed by atoms with van der Waals surface area (Å²) in [5.74, 6) is 2.43. The summed E-state index contributed by atoms with van der Waals surface area (Å²) in [7, 11) is 0. The lowest BCUT2D eigenvalue weighted by atomic mass is 9.67. The molecule has 5 heteroatoms. The Balaban J connectivity index is 1.86. The molecule has 2 N–H and O–H groups in total. The van der Waals surface area contributed by atoms with Crippen LogP contribution < -0.4 is 5.73 Å². The van der Waals surface area contributed by atoms with Crippen LogP contribution in [0.2, 0.25) is 0 Å². The summed E-state index contributed by atoms with van der Waals surface area (Å²) in [6.45, 7) is 5.15. The van der Waals surface area contributed by atoms with Crippen LogP contribution in [-0.4, -0.2) is 21.9 Å². The maximum absolute atomic E-state index is 5.85. The normalized spacial score (nSPS) is 19.5. The molecule has 1 saturated carbocycles. The second kappa shape index (κ2) is 6.06. The average molecular weight is 269 g/mol. The zero-order valence-corrected chi connectivity index (χ0v) is 12.1. The van der Waals surface area contributed by atoms with E-state index in [2.05, 4.69) is 24.0 Å². The largest absolute Gasteiger partial charge is 0.339 e. The van der Waals surface area contributed by atoms with Crippen molar-refractivity contribution in [3.63, 3.8) is 0 Å². The molecule has 1 unspecified atom stereocenters. The van der Waals surface area contributed by atoms with Crippen LogP contribution in [0.3, 0.4) is 0 Å². The van der Waals surface area contributed by atoms with Gasteiger partial charge < -0.3 is 10.3 Å². The van der Waals surface area contributed by atoms with E-state index < -0.39 is 0 Å². The Labute approximate surface area is 113 Å². The van der Waals surface area contributed by atoms with E-state index >= 15 is 0 Å². The van der Waals surface area contributed by atoms with E-state index in [0.717, 1.165) is 30.4 Å². The van der Waals surface area contributed by atoms with E-state index in [4.69, 9.17) is 10.3 Å². The summed E-state index contributed by atoms with van der Waals surface area (Å²) in [5, 5.41) is 4.70. The van der Waals surface area contributed by atoms with Crippen LogP contribution in [0, 0.1) is 5.41 Å². The molecule has 2 rings (SSSR count). The fourth-order valence-electron chi connectivity index (χ4n) is 2.21. The predicted molar refractivity (Wildman–Crippen MR) is 74.4 cm³/mol. The third-order valence-electron chi connectivity index (χ3n) is 3.96. The molecule has 0 aliphatic heterocycles. The van der Waals surface area contributed by atoms with Gasteiger partial charge >= 0.3 is 0 Å². The van der Waals surface area contributed by atoms with Gasteiger partial charge in [0.15, 0.2) is 5.82 Å². The highest BCUT2D eigenvalue weighted by Crippen LogP contribution is 2.42. The molecule has 18 heavy (non-hydrogen) atoms. The minimum atomic E-state index is 0.244. The minimum absolute atomic E-state index is 0.244. The molecule has 0 bridgehead atoms. The lowest BCUT2D eigenvalue weighted by Gasteiger charge is -2.39. The molecule has 0 radical (unpaired) electrons. The lowest BCUT2D eigenvalue weighted by Crippen LogP contribution is -2.39. The van der Waals surface area contributed by atoms with E-state index in [1.54, 1.807) is 0 Å². The number of nitrogens with two attached hydrogens (primary N) is 1. The molecule has 1 aliphatic rings. The van der Waals surface area contributed by atoms with Crippen LogP contribution >= 0.6 is 11.8 Å². The van der Waals surface area contributed by atoms with Crippen molar-refractivity contribution >= 4 is 11.8 Å². The van der Waals surface area contributed by atoms with Gasteiger partial charge in [-0.15, -0.1) is 0 Å². The van der Waals surface area contributed by atoms with Gasteiger partial charge in [-0.2, -0.15) is 16.7 Å². The third kappa shape index (κ3) is 3.26. The summed E-state index contributed by atoms with van der Waals surface area (Å²) >= 11 is 1.88. The van der Waals surface area contributed by atoms with Gasteiger partial charge in [0.2, 0.25) is 5.89 Å². The molecule has 0 spiro atoms. The number of thioether (sulfide) groups is 1. The first-order valence-corrected chi connectivity index (χ1v) is 7.85. The zero-order chi connectivity index (χ0) is 13.0. The maximum Gasteiger partial charge on any atom is 0.227 e. The maximum atomic E-state index is 5.85. The molecule has 1 fully saturated rings.